The maximum atomic E-state index is 8.42. The number of thiocyanates is 1. The fourth-order valence-corrected chi connectivity index (χ4v) is 1.22. The van der Waals surface area contributed by atoms with Gasteiger partial charge < -0.3 is 5.73 Å². The van der Waals surface area contributed by atoms with E-state index in [0.29, 0.717) is 0 Å². The zero-order valence-electron chi connectivity index (χ0n) is 7.15. The number of thioether (sulfide) groups is 1. The Kier molecular flexibility index (Phi) is 4.04. The Morgan fingerprint density at radius 1 is 1.43 bits per heavy atom. The van der Waals surface area contributed by atoms with E-state index in [1.54, 1.807) is 0 Å². The zero-order valence-corrected chi connectivity index (χ0v) is 8.78. The molecule has 1 aromatic rings. The van der Waals surface area contributed by atoms with Crippen molar-refractivity contribution in [1.29, 1.82) is 5.26 Å². The van der Waals surface area contributed by atoms with Crippen LogP contribution < -0.4 is 16.6 Å². The molecule has 1 aromatic carbocycles. The summed E-state index contributed by atoms with van der Waals surface area (Å²) >= 11 is 5.73. The van der Waals surface area contributed by atoms with Gasteiger partial charge in [0.15, 0.2) is 5.11 Å². The third-order valence-corrected chi connectivity index (χ3v) is 2.05. The fourth-order valence-electron chi connectivity index (χ4n) is 0.793. The lowest BCUT2D eigenvalue weighted by atomic mass is 10.3. The molecule has 0 aliphatic heterocycles. The number of nitrogens with zero attached hydrogens (tertiary/aromatic N) is 1. The van der Waals surface area contributed by atoms with Crippen LogP contribution in [0.25, 0.3) is 0 Å². The van der Waals surface area contributed by atoms with Gasteiger partial charge in [0.1, 0.15) is 5.40 Å². The molecule has 0 aliphatic carbocycles. The molecule has 0 bridgehead atoms. The molecule has 6 heteroatoms. The summed E-state index contributed by atoms with van der Waals surface area (Å²) < 4.78 is 0. The predicted molar refractivity (Wildman–Crippen MR) is 61.5 cm³/mol. The van der Waals surface area contributed by atoms with Crippen molar-refractivity contribution in [2.45, 2.75) is 4.90 Å². The molecule has 4 N–H and O–H groups in total. The van der Waals surface area contributed by atoms with Gasteiger partial charge >= 0.3 is 0 Å². The summed E-state index contributed by atoms with van der Waals surface area (Å²) in [5.74, 6) is 0. The van der Waals surface area contributed by atoms with Crippen LogP contribution in [-0.2, 0) is 0 Å². The summed E-state index contributed by atoms with van der Waals surface area (Å²) in [5.41, 5.74) is 11.5. The van der Waals surface area contributed by atoms with Crippen molar-refractivity contribution in [1.82, 2.24) is 5.43 Å². The summed E-state index contributed by atoms with van der Waals surface area (Å²) in [5, 5.41) is 10.6. The second kappa shape index (κ2) is 5.32. The quantitative estimate of drug-likeness (QED) is 0.312. The number of benzene rings is 1. The largest absolute Gasteiger partial charge is 0.375 e. The van der Waals surface area contributed by atoms with Crippen LogP contribution in [0.4, 0.5) is 5.69 Å². The van der Waals surface area contributed by atoms with E-state index >= 15 is 0 Å². The van der Waals surface area contributed by atoms with E-state index in [2.05, 4.69) is 23.1 Å². The molecule has 0 spiro atoms. The highest BCUT2D eigenvalue weighted by Crippen LogP contribution is 2.18. The van der Waals surface area contributed by atoms with Crippen molar-refractivity contribution >= 4 is 34.8 Å². The average molecular weight is 224 g/mol. The van der Waals surface area contributed by atoms with Gasteiger partial charge in [-0.3, -0.25) is 10.9 Å². The maximum absolute atomic E-state index is 8.42. The lowest BCUT2D eigenvalue weighted by Crippen LogP contribution is -2.33. The molecule has 4 nitrogen and oxygen atoms in total. The molecule has 14 heavy (non-hydrogen) atoms. The van der Waals surface area contributed by atoms with Gasteiger partial charge in [-0.1, -0.05) is 0 Å². The van der Waals surface area contributed by atoms with E-state index in [-0.39, 0.29) is 5.11 Å². The van der Waals surface area contributed by atoms with Crippen molar-refractivity contribution in [2.75, 3.05) is 5.43 Å². The molecule has 0 aromatic heterocycles. The molecule has 0 radical (unpaired) electrons. The molecular weight excluding hydrogens is 216 g/mol. The third-order valence-electron chi connectivity index (χ3n) is 1.35. The molecule has 0 amide bonds. The first-order valence-electron chi connectivity index (χ1n) is 3.70. The van der Waals surface area contributed by atoms with Gasteiger partial charge in [-0.2, -0.15) is 5.26 Å². The Morgan fingerprint density at radius 3 is 2.57 bits per heavy atom. The second-order valence-corrected chi connectivity index (χ2v) is 3.63. The van der Waals surface area contributed by atoms with Crippen molar-refractivity contribution in [2.24, 2.45) is 5.73 Å². The zero-order chi connectivity index (χ0) is 10.4. The van der Waals surface area contributed by atoms with E-state index in [9.17, 15) is 0 Å². The Balaban J connectivity index is 2.56. The lowest BCUT2D eigenvalue weighted by molar-refractivity contribution is 1.12. The highest BCUT2D eigenvalue weighted by Gasteiger charge is 1.93. The van der Waals surface area contributed by atoms with E-state index in [1.807, 2.05) is 29.7 Å². The predicted octanol–water partition coefficient (Wildman–Crippen LogP) is 1.42. The summed E-state index contributed by atoms with van der Waals surface area (Å²) in [7, 11) is 0. The van der Waals surface area contributed by atoms with E-state index < -0.39 is 0 Å². The van der Waals surface area contributed by atoms with Gasteiger partial charge in [-0.25, -0.2) is 0 Å². The molecule has 0 fully saturated rings. The summed E-state index contributed by atoms with van der Waals surface area (Å²) in [4.78, 5) is 0.897. The Bertz CT molecular complexity index is 355. The van der Waals surface area contributed by atoms with Crippen molar-refractivity contribution in [3.8, 4) is 5.40 Å². The second-order valence-electron chi connectivity index (χ2n) is 2.33. The van der Waals surface area contributed by atoms with Gasteiger partial charge in [0.25, 0.3) is 0 Å². The first-order valence-corrected chi connectivity index (χ1v) is 4.92. The maximum Gasteiger partial charge on any atom is 0.182 e. The van der Waals surface area contributed by atoms with E-state index in [4.69, 9.17) is 11.0 Å². The minimum absolute atomic E-state index is 0.181. The Hall–Kier alpha value is -1.45. The molecule has 0 atom stereocenters. The number of nitrogens with two attached hydrogens (primary N) is 1. The molecule has 0 unspecified atom stereocenters. The van der Waals surface area contributed by atoms with Gasteiger partial charge in [0.05, 0.1) is 5.69 Å². The van der Waals surface area contributed by atoms with Gasteiger partial charge in [-0.05, 0) is 48.2 Å². The molecular formula is C8H8N4S2. The number of hydrazine groups is 1. The average Bonchev–Trinajstić information content (AvgIpc) is 2.17. The summed E-state index contributed by atoms with van der Waals surface area (Å²) in [6.45, 7) is 0. The molecule has 72 valence electrons. The minimum atomic E-state index is 0.181. The standard InChI is InChI=1S/C8H8N4S2/c9-5-14-7-3-1-6(2-4-7)11-12-8(10)13/h1-4,11H,(H3,10,12,13). The molecule has 0 aliphatic rings. The van der Waals surface area contributed by atoms with Crippen LogP contribution >= 0.6 is 24.0 Å². The van der Waals surface area contributed by atoms with Crippen LogP contribution in [0.5, 0.6) is 0 Å². The molecule has 0 saturated heterocycles. The number of nitrogens with one attached hydrogen (secondary N) is 2. The number of rotatable bonds is 3. The normalized spacial score (nSPS) is 8.79. The van der Waals surface area contributed by atoms with Gasteiger partial charge in [0, 0.05) is 4.90 Å². The smallest absolute Gasteiger partial charge is 0.182 e. The van der Waals surface area contributed by atoms with E-state index in [1.165, 1.54) is 0 Å². The molecule has 0 saturated carbocycles. The van der Waals surface area contributed by atoms with Crippen LogP contribution in [0.3, 0.4) is 0 Å². The highest BCUT2D eigenvalue weighted by atomic mass is 32.2. The Morgan fingerprint density at radius 2 is 2.07 bits per heavy atom. The molecule has 0 heterocycles. The first kappa shape index (κ1) is 10.6. The Labute approximate surface area is 91.4 Å². The number of nitriles is 1. The van der Waals surface area contributed by atoms with Crippen molar-refractivity contribution < 1.29 is 0 Å². The van der Waals surface area contributed by atoms with Crippen LogP contribution in [0.2, 0.25) is 0 Å². The van der Waals surface area contributed by atoms with Crippen LogP contribution in [0, 0.1) is 10.7 Å². The van der Waals surface area contributed by atoms with Crippen molar-refractivity contribution in [3.05, 3.63) is 24.3 Å². The number of hydrogen-bond donors (Lipinski definition) is 3. The van der Waals surface area contributed by atoms with Gasteiger partial charge in [0.2, 0.25) is 0 Å². The summed E-state index contributed by atoms with van der Waals surface area (Å²) in [6.07, 6.45) is 0. The SMILES string of the molecule is N#CSc1ccc(NNC(N)=S)cc1. The van der Waals surface area contributed by atoms with Crippen LogP contribution in [-0.4, -0.2) is 5.11 Å². The monoisotopic (exact) mass is 224 g/mol. The first-order chi connectivity index (χ1) is 6.72. The molecule has 1 rings (SSSR count). The fraction of sp³-hybridized carbons (Fsp3) is 0. The van der Waals surface area contributed by atoms with Crippen molar-refractivity contribution in [3.63, 3.8) is 0 Å². The lowest BCUT2D eigenvalue weighted by Gasteiger charge is -2.07. The number of hydrogen-bond acceptors (Lipinski definition) is 4. The van der Waals surface area contributed by atoms with Crippen LogP contribution in [0.1, 0.15) is 0 Å². The third kappa shape index (κ3) is 3.51. The van der Waals surface area contributed by atoms with Gasteiger partial charge in [-0.15, -0.1) is 0 Å². The minimum Gasteiger partial charge on any atom is -0.375 e. The topological polar surface area (TPSA) is 73.9 Å². The number of thiocarbonyl (C=S) groups is 1. The summed E-state index contributed by atoms with van der Waals surface area (Å²) in [6, 6.07) is 7.31. The highest BCUT2D eigenvalue weighted by molar-refractivity contribution is 8.03. The van der Waals surface area contributed by atoms with Crippen LogP contribution in [0.15, 0.2) is 29.2 Å². The van der Waals surface area contributed by atoms with E-state index in [0.717, 1.165) is 22.3 Å². The number of anilines is 1.